The van der Waals surface area contributed by atoms with Gasteiger partial charge in [0.05, 0.1) is 16.7 Å². The van der Waals surface area contributed by atoms with Crippen molar-refractivity contribution in [3.05, 3.63) is 64.7 Å². The molecule has 0 aliphatic rings. The number of anilines is 1. The van der Waals surface area contributed by atoms with Gasteiger partial charge in [-0.25, -0.2) is 4.79 Å². The van der Waals surface area contributed by atoms with Crippen molar-refractivity contribution in [2.45, 2.75) is 20.0 Å². The number of hydrogen-bond acceptors (Lipinski definition) is 4. The van der Waals surface area contributed by atoms with E-state index in [0.717, 1.165) is 0 Å². The van der Waals surface area contributed by atoms with Crippen LogP contribution in [-0.4, -0.2) is 23.1 Å². The molecule has 0 radical (unpaired) electrons. The number of esters is 1. The first-order valence-corrected chi connectivity index (χ1v) is 8.33. The zero-order valence-electron chi connectivity index (χ0n) is 13.7. The van der Waals surface area contributed by atoms with E-state index in [1.807, 2.05) is 6.07 Å². The number of ether oxygens (including phenoxy) is 1. The summed E-state index contributed by atoms with van der Waals surface area (Å²) in [5.41, 5.74) is 1.22. The molecule has 0 fully saturated rings. The van der Waals surface area contributed by atoms with Gasteiger partial charge in [-0.05, 0) is 56.4 Å². The molecule has 2 aromatic rings. The number of thiocarbonyl (C=S) groups is 1. The summed E-state index contributed by atoms with van der Waals surface area (Å²) in [6.07, 6.45) is -0.258. The molecule has 1 amide bonds. The van der Waals surface area contributed by atoms with Gasteiger partial charge in [0.15, 0.2) is 5.11 Å². The Hall–Kier alpha value is -2.44. The van der Waals surface area contributed by atoms with Crippen molar-refractivity contribution in [1.82, 2.24) is 5.32 Å². The summed E-state index contributed by atoms with van der Waals surface area (Å²) in [7, 11) is 0. The quantitative estimate of drug-likeness (QED) is 0.622. The lowest BCUT2D eigenvalue weighted by atomic mass is 10.2. The predicted octanol–water partition coefficient (Wildman–Crippen LogP) is 4.03. The van der Waals surface area contributed by atoms with E-state index in [9.17, 15) is 9.59 Å². The molecule has 0 bridgehead atoms. The smallest absolute Gasteiger partial charge is 0.339 e. The molecule has 0 aliphatic heterocycles. The lowest BCUT2D eigenvalue weighted by molar-refractivity contribution is 0.0378. The molecule has 25 heavy (non-hydrogen) atoms. The van der Waals surface area contributed by atoms with Crippen molar-refractivity contribution in [2.75, 3.05) is 5.32 Å². The Kier molecular flexibility index (Phi) is 6.50. The number of benzene rings is 2. The summed E-state index contributed by atoms with van der Waals surface area (Å²) < 4.78 is 5.15. The SMILES string of the molecule is CC(C)OC(=O)c1cc(NC(=S)NC(=O)c2ccccc2)ccc1Cl. The maximum absolute atomic E-state index is 12.1. The van der Waals surface area contributed by atoms with Crippen LogP contribution in [0.3, 0.4) is 0 Å². The van der Waals surface area contributed by atoms with Crippen LogP contribution >= 0.6 is 23.8 Å². The third kappa shape index (κ3) is 5.55. The molecule has 2 rings (SSSR count). The first-order chi connectivity index (χ1) is 11.9. The zero-order chi connectivity index (χ0) is 18.4. The Balaban J connectivity index is 2.06. The van der Waals surface area contributed by atoms with Gasteiger partial charge >= 0.3 is 5.97 Å². The van der Waals surface area contributed by atoms with E-state index in [1.54, 1.807) is 50.2 Å². The molecule has 2 aromatic carbocycles. The Bertz CT molecular complexity index is 794. The van der Waals surface area contributed by atoms with Crippen LogP contribution in [-0.2, 0) is 4.74 Å². The van der Waals surface area contributed by atoms with Gasteiger partial charge in [-0.1, -0.05) is 29.8 Å². The van der Waals surface area contributed by atoms with E-state index < -0.39 is 5.97 Å². The van der Waals surface area contributed by atoms with E-state index in [2.05, 4.69) is 10.6 Å². The van der Waals surface area contributed by atoms with Gasteiger partial charge in [-0.15, -0.1) is 0 Å². The highest BCUT2D eigenvalue weighted by Gasteiger charge is 2.15. The summed E-state index contributed by atoms with van der Waals surface area (Å²) in [5.74, 6) is -0.852. The zero-order valence-corrected chi connectivity index (χ0v) is 15.3. The van der Waals surface area contributed by atoms with Crippen molar-refractivity contribution in [1.29, 1.82) is 0 Å². The number of hydrogen-bond donors (Lipinski definition) is 2. The molecule has 130 valence electrons. The van der Waals surface area contributed by atoms with Gasteiger partial charge in [0.1, 0.15) is 0 Å². The molecule has 0 unspecified atom stereocenters. The van der Waals surface area contributed by atoms with Gasteiger partial charge in [0.25, 0.3) is 5.91 Å². The van der Waals surface area contributed by atoms with Crippen LogP contribution in [0.15, 0.2) is 48.5 Å². The Labute approximate surface area is 156 Å². The van der Waals surface area contributed by atoms with E-state index in [1.165, 1.54) is 6.07 Å². The van der Waals surface area contributed by atoms with Gasteiger partial charge in [0, 0.05) is 11.3 Å². The highest BCUT2D eigenvalue weighted by molar-refractivity contribution is 7.80. The minimum absolute atomic E-state index is 0.111. The second kappa shape index (κ2) is 8.60. The number of carbonyl (C=O) groups is 2. The number of amides is 1. The average Bonchev–Trinajstić information content (AvgIpc) is 2.56. The third-order valence-electron chi connectivity index (χ3n) is 3.05. The molecule has 0 aliphatic carbocycles. The Morgan fingerprint density at radius 1 is 1.12 bits per heavy atom. The highest BCUT2D eigenvalue weighted by Crippen LogP contribution is 2.22. The lowest BCUT2D eigenvalue weighted by Crippen LogP contribution is -2.34. The van der Waals surface area contributed by atoms with Gasteiger partial charge in [-0.3, -0.25) is 10.1 Å². The topological polar surface area (TPSA) is 67.4 Å². The normalized spacial score (nSPS) is 10.2. The monoisotopic (exact) mass is 376 g/mol. The summed E-state index contributed by atoms with van der Waals surface area (Å²) in [6.45, 7) is 3.50. The number of halogens is 1. The third-order valence-corrected chi connectivity index (χ3v) is 3.58. The van der Waals surface area contributed by atoms with Crippen LogP contribution in [0.2, 0.25) is 5.02 Å². The van der Waals surface area contributed by atoms with Crippen LogP contribution in [0.5, 0.6) is 0 Å². The van der Waals surface area contributed by atoms with Crippen molar-refractivity contribution >= 4 is 46.5 Å². The van der Waals surface area contributed by atoms with E-state index in [4.69, 9.17) is 28.6 Å². The maximum Gasteiger partial charge on any atom is 0.339 e. The highest BCUT2D eigenvalue weighted by atomic mass is 35.5. The minimum atomic E-state index is -0.525. The van der Waals surface area contributed by atoms with Crippen molar-refractivity contribution in [3.63, 3.8) is 0 Å². The second-order valence-electron chi connectivity index (χ2n) is 5.42. The van der Waals surface area contributed by atoms with E-state index >= 15 is 0 Å². The van der Waals surface area contributed by atoms with Gasteiger partial charge < -0.3 is 10.1 Å². The van der Waals surface area contributed by atoms with E-state index in [-0.39, 0.29) is 27.7 Å². The molecular formula is C18H17ClN2O3S. The van der Waals surface area contributed by atoms with Crippen LogP contribution in [0.4, 0.5) is 5.69 Å². The predicted molar refractivity (Wildman–Crippen MR) is 102 cm³/mol. The largest absolute Gasteiger partial charge is 0.459 e. The summed E-state index contributed by atoms with van der Waals surface area (Å²) in [4.78, 5) is 24.1. The summed E-state index contributed by atoms with van der Waals surface area (Å²) in [6, 6.07) is 13.4. The molecule has 2 N–H and O–H groups in total. The molecule has 0 saturated carbocycles. The standard InChI is InChI=1S/C18H17ClN2O3S/c1-11(2)24-17(23)14-10-13(8-9-15(14)19)20-18(25)21-16(22)12-6-4-3-5-7-12/h3-11H,1-2H3,(H2,20,21,22,25). The fourth-order valence-corrected chi connectivity index (χ4v) is 2.37. The first kappa shape index (κ1) is 18.9. The van der Waals surface area contributed by atoms with Crippen LogP contribution in [0.1, 0.15) is 34.6 Å². The van der Waals surface area contributed by atoms with Crippen molar-refractivity contribution < 1.29 is 14.3 Å². The molecule has 5 nitrogen and oxygen atoms in total. The molecule has 0 saturated heterocycles. The minimum Gasteiger partial charge on any atom is -0.459 e. The molecule has 7 heteroatoms. The first-order valence-electron chi connectivity index (χ1n) is 7.54. The Morgan fingerprint density at radius 2 is 1.80 bits per heavy atom. The summed E-state index contributed by atoms with van der Waals surface area (Å²) >= 11 is 11.2. The Morgan fingerprint density at radius 3 is 2.44 bits per heavy atom. The lowest BCUT2D eigenvalue weighted by Gasteiger charge is -2.13. The fourth-order valence-electron chi connectivity index (χ4n) is 1.96. The number of nitrogens with one attached hydrogen (secondary N) is 2. The molecule has 0 heterocycles. The molecule has 0 aromatic heterocycles. The van der Waals surface area contributed by atoms with Crippen molar-refractivity contribution in [3.8, 4) is 0 Å². The molecule has 0 spiro atoms. The second-order valence-corrected chi connectivity index (χ2v) is 6.24. The van der Waals surface area contributed by atoms with E-state index in [0.29, 0.717) is 11.3 Å². The van der Waals surface area contributed by atoms with Gasteiger partial charge in [0.2, 0.25) is 0 Å². The maximum atomic E-state index is 12.1. The average molecular weight is 377 g/mol. The number of carbonyl (C=O) groups excluding carboxylic acids is 2. The van der Waals surface area contributed by atoms with Crippen molar-refractivity contribution in [2.24, 2.45) is 0 Å². The number of rotatable bonds is 4. The molecule has 0 atom stereocenters. The van der Waals surface area contributed by atoms with Crippen LogP contribution in [0.25, 0.3) is 0 Å². The fraction of sp³-hybridized carbons (Fsp3) is 0.167. The summed E-state index contributed by atoms with van der Waals surface area (Å²) in [5, 5.41) is 5.81. The van der Waals surface area contributed by atoms with Gasteiger partial charge in [-0.2, -0.15) is 0 Å². The van der Waals surface area contributed by atoms with Crippen LogP contribution < -0.4 is 10.6 Å². The van der Waals surface area contributed by atoms with Crippen LogP contribution in [0, 0.1) is 0 Å². The molecular weight excluding hydrogens is 360 g/mol.